The number of aryl methyl sites for hydroxylation is 1. The third kappa shape index (κ3) is 4.81. The quantitative estimate of drug-likeness (QED) is 0.363. The Bertz CT molecular complexity index is 679. The van der Waals surface area contributed by atoms with Gasteiger partial charge in [-0.3, -0.25) is 4.79 Å². The van der Waals surface area contributed by atoms with Crippen LogP contribution < -0.4 is 4.74 Å². The molecule has 0 aliphatic carbocycles. The van der Waals surface area contributed by atoms with Crippen LogP contribution in [0.25, 0.3) is 0 Å². The van der Waals surface area contributed by atoms with E-state index in [2.05, 4.69) is 27.2 Å². The minimum absolute atomic E-state index is 0.00922. The molecule has 23 heavy (non-hydrogen) atoms. The fraction of sp³-hybridized carbons (Fsp3) is 0.389. The molecule has 2 rings (SSSR count). The van der Waals surface area contributed by atoms with E-state index < -0.39 is 0 Å². The van der Waals surface area contributed by atoms with Crippen LogP contribution in [0.2, 0.25) is 0 Å². The van der Waals surface area contributed by atoms with Crippen LogP contribution in [0.1, 0.15) is 28.2 Å². The molecule has 0 fully saturated rings. The van der Waals surface area contributed by atoms with Crippen LogP contribution in [0.3, 0.4) is 0 Å². The van der Waals surface area contributed by atoms with Crippen molar-refractivity contribution >= 4 is 28.4 Å². The van der Waals surface area contributed by atoms with Crippen LogP contribution in [-0.4, -0.2) is 30.7 Å². The molecule has 0 saturated carbocycles. The fourth-order valence-corrected chi connectivity index (χ4v) is 3.09. The molecule has 0 atom stereocenters. The van der Waals surface area contributed by atoms with E-state index in [0.29, 0.717) is 0 Å². The van der Waals surface area contributed by atoms with Crippen molar-refractivity contribution in [1.29, 1.82) is 0 Å². The third-order valence-corrected chi connectivity index (χ3v) is 4.44. The number of halogens is 1. The maximum atomic E-state index is 12.5. The molecular formula is C18H22INO3. The van der Waals surface area contributed by atoms with E-state index >= 15 is 0 Å². The van der Waals surface area contributed by atoms with Gasteiger partial charge in [0.15, 0.2) is 6.61 Å². The Hall–Kier alpha value is -1.34. The number of rotatable bonds is 8. The average Bonchev–Trinajstić information content (AvgIpc) is 2.81. The SMILES string of the molecule is COCCCn1c(C)cc(C(=O)COc2cccc(I)c2)c1C. The lowest BCUT2D eigenvalue weighted by atomic mass is 10.1. The molecule has 2 aromatic rings. The Morgan fingerprint density at radius 3 is 2.74 bits per heavy atom. The summed E-state index contributed by atoms with van der Waals surface area (Å²) in [5.41, 5.74) is 2.83. The van der Waals surface area contributed by atoms with Gasteiger partial charge in [0.1, 0.15) is 5.75 Å². The van der Waals surface area contributed by atoms with Crippen LogP contribution in [0.15, 0.2) is 30.3 Å². The smallest absolute Gasteiger partial charge is 0.202 e. The molecule has 1 aromatic carbocycles. The van der Waals surface area contributed by atoms with Gasteiger partial charge in [-0.15, -0.1) is 0 Å². The van der Waals surface area contributed by atoms with E-state index in [4.69, 9.17) is 9.47 Å². The molecule has 0 aliphatic heterocycles. The molecule has 4 nitrogen and oxygen atoms in total. The van der Waals surface area contributed by atoms with Crippen molar-refractivity contribution in [1.82, 2.24) is 4.57 Å². The van der Waals surface area contributed by atoms with Crippen LogP contribution in [0.4, 0.5) is 0 Å². The highest BCUT2D eigenvalue weighted by atomic mass is 127. The summed E-state index contributed by atoms with van der Waals surface area (Å²) in [6.07, 6.45) is 0.930. The number of hydrogen-bond acceptors (Lipinski definition) is 3. The summed E-state index contributed by atoms with van der Waals surface area (Å²) in [4.78, 5) is 12.5. The van der Waals surface area contributed by atoms with E-state index in [-0.39, 0.29) is 12.4 Å². The van der Waals surface area contributed by atoms with Gasteiger partial charge in [-0.25, -0.2) is 0 Å². The second kappa shape index (κ2) is 8.49. The van der Waals surface area contributed by atoms with Gasteiger partial charge >= 0.3 is 0 Å². The monoisotopic (exact) mass is 427 g/mol. The van der Waals surface area contributed by atoms with Crippen LogP contribution in [-0.2, 0) is 11.3 Å². The average molecular weight is 427 g/mol. The third-order valence-electron chi connectivity index (χ3n) is 3.77. The van der Waals surface area contributed by atoms with E-state index in [0.717, 1.165) is 45.8 Å². The summed E-state index contributed by atoms with van der Waals surface area (Å²) in [5, 5.41) is 0. The molecule has 1 aromatic heterocycles. The minimum Gasteiger partial charge on any atom is -0.485 e. The van der Waals surface area contributed by atoms with Gasteiger partial charge < -0.3 is 14.0 Å². The lowest BCUT2D eigenvalue weighted by Gasteiger charge is -2.09. The maximum absolute atomic E-state index is 12.5. The van der Waals surface area contributed by atoms with Crippen molar-refractivity contribution in [2.75, 3.05) is 20.3 Å². The van der Waals surface area contributed by atoms with E-state index in [1.807, 2.05) is 44.2 Å². The van der Waals surface area contributed by atoms with Crippen LogP contribution in [0, 0.1) is 17.4 Å². The Morgan fingerprint density at radius 2 is 2.04 bits per heavy atom. The highest BCUT2D eigenvalue weighted by Gasteiger charge is 2.16. The van der Waals surface area contributed by atoms with Gasteiger partial charge in [0, 0.05) is 40.8 Å². The van der Waals surface area contributed by atoms with E-state index in [1.165, 1.54) is 0 Å². The topological polar surface area (TPSA) is 40.5 Å². The zero-order chi connectivity index (χ0) is 16.8. The van der Waals surface area contributed by atoms with Gasteiger partial charge in [0.2, 0.25) is 5.78 Å². The number of nitrogens with zero attached hydrogens (tertiary/aromatic N) is 1. The fourth-order valence-electron chi connectivity index (χ4n) is 2.58. The Balaban J connectivity index is 2.03. The lowest BCUT2D eigenvalue weighted by molar-refractivity contribution is 0.0920. The molecule has 0 aliphatic rings. The first-order valence-electron chi connectivity index (χ1n) is 7.60. The van der Waals surface area contributed by atoms with Gasteiger partial charge in [-0.1, -0.05) is 6.07 Å². The first-order chi connectivity index (χ1) is 11.0. The minimum atomic E-state index is 0.00922. The number of ether oxygens (including phenoxy) is 2. The lowest BCUT2D eigenvalue weighted by Crippen LogP contribution is -2.13. The van der Waals surface area contributed by atoms with E-state index in [1.54, 1.807) is 7.11 Å². The standard InChI is InChI=1S/C18H22INO3/c1-13-10-17(14(2)20(13)8-5-9-22-3)18(21)12-23-16-7-4-6-15(19)11-16/h4,6-7,10-11H,5,8-9,12H2,1-3H3. The molecule has 0 saturated heterocycles. The second-order valence-electron chi connectivity index (χ2n) is 5.45. The summed E-state index contributed by atoms with van der Waals surface area (Å²) < 4.78 is 14.0. The van der Waals surface area contributed by atoms with Gasteiger partial charge in [-0.05, 0) is 67.1 Å². The molecular weight excluding hydrogens is 405 g/mol. The Labute approximate surface area is 150 Å². The zero-order valence-corrected chi connectivity index (χ0v) is 15.9. The number of benzene rings is 1. The molecule has 0 spiro atoms. The number of hydrogen-bond donors (Lipinski definition) is 0. The molecule has 1 heterocycles. The molecule has 0 N–H and O–H groups in total. The van der Waals surface area contributed by atoms with Crippen molar-refractivity contribution < 1.29 is 14.3 Å². The second-order valence-corrected chi connectivity index (χ2v) is 6.70. The summed E-state index contributed by atoms with van der Waals surface area (Å²) in [6.45, 7) is 5.64. The summed E-state index contributed by atoms with van der Waals surface area (Å²) in [7, 11) is 1.70. The van der Waals surface area contributed by atoms with Crippen molar-refractivity contribution in [3.63, 3.8) is 0 Å². The summed E-state index contributed by atoms with van der Waals surface area (Å²) in [6, 6.07) is 9.64. The molecule has 0 unspecified atom stereocenters. The van der Waals surface area contributed by atoms with Crippen molar-refractivity contribution in [2.45, 2.75) is 26.8 Å². The largest absolute Gasteiger partial charge is 0.485 e. The predicted molar refractivity (Wildman–Crippen MR) is 99.4 cm³/mol. The Morgan fingerprint density at radius 1 is 1.26 bits per heavy atom. The van der Waals surface area contributed by atoms with Gasteiger partial charge in [0.05, 0.1) is 0 Å². The van der Waals surface area contributed by atoms with Crippen molar-refractivity contribution in [2.24, 2.45) is 0 Å². The first kappa shape index (κ1) is 18.0. The number of ketones is 1. The van der Waals surface area contributed by atoms with Crippen LogP contribution >= 0.6 is 22.6 Å². The molecule has 0 bridgehead atoms. The van der Waals surface area contributed by atoms with Gasteiger partial charge in [0.25, 0.3) is 0 Å². The van der Waals surface area contributed by atoms with Crippen LogP contribution in [0.5, 0.6) is 5.75 Å². The normalized spacial score (nSPS) is 10.8. The van der Waals surface area contributed by atoms with Gasteiger partial charge in [-0.2, -0.15) is 0 Å². The number of carbonyl (C=O) groups excluding carboxylic acids is 1. The summed E-state index contributed by atoms with van der Waals surface area (Å²) >= 11 is 2.22. The number of carbonyl (C=O) groups is 1. The van der Waals surface area contributed by atoms with Crippen molar-refractivity contribution in [3.05, 3.63) is 50.9 Å². The molecule has 0 amide bonds. The van der Waals surface area contributed by atoms with Crippen molar-refractivity contribution in [3.8, 4) is 5.75 Å². The maximum Gasteiger partial charge on any atom is 0.202 e. The number of methoxy groups -OCH3 is 1. The zero-order valence-electron chi connectivity index (χ0n) is 13.8. The number of aromatic nitrogens is 1. The molecule has 0 radical (unpaired) electrons. The van der Waals surface area contributed by atoms with E-state index in [9.17, 15) is 4.79 Å². The summed E-state index contributed by atoms with van der Waals surface area (Å²) in [5.74, 6) is 0.731. The first-order valence-corrected chi connectivity index (χ1v) is 8.68. The highest BCUT2D eigenvalue weighted by Crippen LogP contribution is 2.18. The molecule has 5 heteroatoms. The number of Topliss-reactive ketones (excluding diaryl/α,β-unsaturated/α-hetero) is 1. The highest BCUT2D eigenvalue weighted by molar-refractivity contribution is 14.1. The Kier molecular flexibility index (Phi) is 6.65. The predicted octanol–water partition coefficient (Wildman–Crippen LogP) is 4.01. The molecule has 124 valence electrons.